The van der Waals surface area contributed by atoms with E-state index in [1.807, 2.05) is 17.6 Å². The molecule has 11 heavy (non-hydrogen) atoms. The molecule has 0 aliphatic carbocycles. The summed E-state index contributed by atoms with van der Waals surface area (Å²) >= 11 is 1.68. The van der Waals surface area contributed by atoms with Crippen LogP contribution in [0.15, 0.2) is 17.6 Å². The van der Waals surface area contributed by atoms with Crippen molar-refractivity contribution in [2.45, 2.75) is 13.3 Å². The molecule has 0 saturated carbocycles. The van der Waals surface area contributed by atoms with Gasteiger partial charge in [-0.25, -0.2) is 9.97 Å². The van der Waals surface area contributed by atoms with Gasteiger partial charge in [0.1, 0.15) is 5.82 Å². The molecule has 0 N–H and O–H groups in total. The molecule has 0 unspecified atom stereocenters. The lowest BCUT2D eigenvalue weighted by molar-refractivity contribution is 0.963. The first-order chi connectivity index (χ1) is 5.40. The van der Waals surface area contributed by atoms with Crippen molar-refractivity contribution < 1.29 is 0 Å². The highest BCUT2D eigenvalue weighted by atomic mass is 32.1. The van der Waals surface area contributed by atoms with Crippen molar-refractivity contribution in [2.24, 2.45) is 0 Å². The topological polar surface area (TPSA) is 25.8 Å². The van der Waals surface area contributed by atoms with Gasteiger partial charge < -0.3 is 0 Å². The third kappa shape index (κ3) is 1.12. The molecule has 0 atom stereocenters. The number of hydrogen-bond donors (Lipinski definition) is 0. The summed E-state index contributed by atoms with van der Waals surface area (Å²) in [6, 6.07) is 2.03. The summed E-state index contributed by atoms with van der Waals surface area (Å²) in [5.74, 6) is 0.927. The van der Waals surface area contributed by atoms with Crippen LogP contribution in [0.5, 0.6) is 0 Å². The van der Waals surface area contributed by atoms with Crippen LogP contribution in [0.3, 0.4) is 0 Å². The molecular weight excluding hydrogens is 156 g/mol. The standard InChI is InChI=1S/C8H8N2S/c1-2-8-9-5-7-6(10-8)3-4-11-7/h3-5H,2H2,1H3. The maximum Gasteiger partial charge on any atom is 0.128 e. The van der Waals surface area contributed by atoms with Crippen LogP contribution in [0, 0.1) is 0 Å². The van der Waals surface area contributed by atoms with Gasteiger partial charge in [0.15, 0.2) is 0 Å². The molecule has 0 aliphatic rings. The van der Waals surface area contributed by atoms with Crippen LogP contribution in [0.1, 0.15) is 12.7 Å². The van der Waals surface area contributed by atoms with Crippen molar-refractivity contribution in [3.63, 3.8) is 0 Å². The Hall–Kier alpha value is -0.960. The highest BCUT2D eigenvalue weighted by Crippen LogP contribution is 2.16. The van der Waals surface area contributed by atoms with Crippen molar-refractivity contribution in [1.82, 2.24) is 9.97 Å². The lowest BCUT2D eigenvalue weighted by Crippen LogP contribution is -1.89. The number of hydrogen-bond acceptors (Lipinski definition) is 3. The fourth-order valence-corrected chi connectivity index (χ4v) is 1.67. The highest BCUT2D eigenvalue weighted by molar-refractivity contribution is 7.17. The normalized spacial score (nSPS) is 10.6. The predicted octanol–water partition coefficient (Wildman–Crippen LogP) is 2.25. The first-order valence-corrected chi connectivity index (χ1v) is 4.47. The Morgan fingerprint density at radius 3 is 3.27 bits per heavy atom. The largest absolute Gasteiger partial charge is 0.240 e. The molecule has 2 aromatic heterocycles. The zero-order chi connectivity index (χ0) is 7.68. The zero-order valence-corrected chi connectivity index (χ0v) is 7.06. The van der Waals surface area contributed by atoms with Crippen molar-refractivity contribution in [1.29, 1.82) is 0 Å². The Balaban J connectivity index is 2.67. The minimum atomic E-state index is 0.909. The molecule has 2 heterocycles. The first-order valence-electron chi connectivity index (χ1n) is 3.59. The van der Waals surface area contributed by atoms with Gasteiger partial charge in [-0.3, -0.25) is 0 Å². The summed E-state index contributed by atoms with van der Waals surface area (Å²) < 4.78 is 1.17. The lowest BCUT2D eigenvalue weighted by Gasteiger charge is -1.92. The van der Waals surface area contributed by atoms with E-state index < -0.39 is 0 Å². The number of aryl methyl sites for hydroxylation is 1. The number of nitrogens with zero attached hydrogens (tertiary/aromatic N) is 2. The SMILES string of the molecule is CCc1ncc2sccc2n1. The lowest BCUT2D eigenvalue weighted by atomic mass is 10.4. The molecule has 0 spiro atoms. The Labute approximate surface area is 68.9 Å². The molecule has 0 bridgehead atoms. The molecule has 2 aromatic rings. The van der Waals surface area contributed by atoms with E-state index in [2.05, 4.69) is 16.9 Å². The van der Waals surface area contributed by atoms with Crippen LogP contribution in [0.2, 0.25) is 0 Å². The smallest absolute Gasteiger partial charge is 0.128 e. The average Bonchev–Trinajstić information content (AvgIpc) is 2.50. The Bertz CT molecular complexity index is 367. The van der Waals surface area contributed by atoms with Crippen LogP contribution in [0.4, 0.5) is 0 Å². The summed E-state index contributed by atoms with van der Waals surface area (Å²) in [6.45, 7) is 2.06. The van der Waals surface area contributed by atoms with E-state index in [1.54, 1.807) is 11.3 Å². The number of fused-ring (bicyclic) bond motifs is 1. The third-order valence-corrected chi connectivity index (χ3v) is 2.41. The number of rotatable bonds is 1. The quantitative estimate of drug-likeness (QED) is 0.646. The second-order valence-corrected chi connectivity index (χ2v) is 3.26. The maximum absolute atomic E-state index is 4.35. The molecule has 56 valence electrons. The van der Waals surface area contributed by atoms with Crippen LogP contribution in [-0.2, 0) is 6.42 Å². The van der Waals surface area contributed by atoms with E-state index in [-0.39, 0.29) is 0 Å². The Morgan fingerprint density at radius 2 is 2.45 bits per heavy atom. The first kappa shape index (κ1) is 6.73. The maximum atomic E-state index is 4.35. The molecule has 0 saturated heterocycles. The predicted molar refractivity (Wildman–Crippen MR) is 46.8 cm³/mol. The van der Waals surface area contributed by atoms with Crippen LogP contribution in [-0.4, -0.2) is 9.97 Å². The molecule has 0 aliphatic heterocycles. The van der Waals surface area contributed by atoms with Gasteiger partial charge in [0.05, 0.1) is 10.2 Å². The van der Waals surface area contributed by atoms with Gasteiger partial charge >= 0.3 is 0 Å². The molecule has 2 nitrogen and oxygen atoms in total. The Morgan fingerprint density at radius 1 is 1.55 bits per heavy atom. The van der Waals surface area contributed by atoms with E-state index in [9.17, 15) is 0 Å². The summed E-state index contributed by atoms with van der Waals surface area (Å²) in [7, 11) is 0. The highest BCUT2D eigenvalue weighted by Gasteiger charge is 1.97. The van der Waals surface area contributed by atoms with E-state index in [1.165, 1.54) is 4.70 Å². The zero-order valence-electron chi connectivity index (χ0n) is 6.24. The molecule has 0 amide bonds. The van der Waals surface area contributed by atoms with Crippen molar-refractivity contribution >= 4 is 21.6 Å². The number of thiophene rings is 1. The molecule has 0 fully saturated rings. The summed E-state index contributed by atoms with van der Waals surface area (Å²) in [4.78, 5) is 8.55. The van der Waals surface area contributed by atoms with Gasteiger partial charge in [-0.2, -0.15) is 0 Å². The van der Waals surface area contributed by atoms with Crippen molar-refractivity contribution in [2.75, 3.05) is 0 Å². The third-order valence-electron chi connectivity index (χ3n) is 1.57. The minimum absolute atomic E-state index is 0.909. The van der Waals surface area contributed by atoms with E-state index in [4.69, 9.17) is 0 Å². The summed E-state index contributed by atoms with van der Waals surface area (Å²) in [5, 5.41) is 2.04. The van der Waals surface area contributed by atoms with Crippen molar-refractivity contribution in [3.8, 4) is 0 Å². The fourth-order valence-electron chi connectivity index (χ4n) is 0.975. The van der Waals surface area contributed by atoms with Gasteiger partial charge in [0.2, 0.25) is 0 Å². The van der Waals surface area contributed by atoms with Gasteiger partial charge in [0.25, 0.3) is 0 Å². The molecular formula is C8H8N2S. The van der Waals surface area contributed by atoms with Crippen molar-refractivity contribution in [3.05, 3.63) is 23.5 Å². The fraction of sp³-hybridized carbons (Fsp3) is 0.250. The second kappa shape index (κ2) is 2.58. The van der Waals surface area contributed by atoms with Gasteiger partial charge in [-0.05, 0) is 11.4 Å². The van der Waals surface area contributed by atoms with E-state index in [0.29, 0.717) is 0 Å². The summed E-state index contributed by atoms with van der Waals surface area (Å²) in [6.07, 6.45) is 2.80. The van der Waals surface area contributed by atoms with E-state index >= 15 is 0 Å². The monoisotopic (exact) mass is 164 g/mol. The minimum Gasteiger partial charge on any atom is -0.240 e. The molecule has 0 radical (unpaired) electrons. The molecule has 2 rings (SSSR count). The van der Waals surface area contributed by atoms with Gasteiger partial charge in [-0.1, -0.05) is 6.92 Å². The Kier molecular flexibility index (Phi) is 1.58. The van der Waals surface area contributed by atoms with E-state index in [0.717, 1.165) is 17.8 Å². The average molecular weight is 164 g/mol. The molecule has 3 heteroatoms. The van der Waals surface area contributed by atoms with Gasteiger partial charge in [-0.15, -0.1) is 11.3 Å². The molecule has 0 aromatic carbocycles. The second-order valence-electron chi connectivity index (χ2n) is 2.31. The number of aromatic nitrogens is 2. The summed E-state index contributed by atoms with van der Waals surface area (Å²) in [5.41, 5.74) is 1.07. The van der Waals surface area contributed by atoms with Crippen LogP contribution >= 0.6 is 11.3 Å². The van der Waals surface area contributed by atoms with Crippen LogP contribution < -0.4 is 0 Å². The van der Waals surface area contributed by atoms with Crippen LogP contribution in [0.25, 0.3) is 10.2 Å². The van der Waals surface area contributed by atoms with Gasteiger partial charge in [0, 0.05) is 12.6 Å².